The number of hydrogen-bond acceptors (Lipinski definition) is 10. The number of amides is 1. The van der Waals surface area contributed by atoms with Crippen LogP contribution in [0, 0.1) is 6.92 Å². The lowest BCUT2D eigenvalue weighted by molar-refractivity contribution is -0.143. The van der Waals surface area contributed by atoms with Crippen molar-refractivity contribution in [3.63, 3.8) is 0 Å². The van der Waals surface area contributed by atoms with E-state index >= 15 is 0 Å². The van der Waals surface area contributed by atoms with Crippen molar-refractivity contribution < 1.29 is 37.0 Å². The third kappa shape index (κ3) is 10.5. The van der Waals surface area contributed by atoms with Gasteiger partial charge >= 0.3 is 12.1 Å². The Morgan fingerprint density at radius 1 is 1.04 bits per heavy atom. The molecule has 2 heterocycles. The van der Waals surface area contributed by atoms with Gasteiger partial charge in [-0.25, -0.2) is 17.9 Å². The summed E-state index contributed by atoms with van der Waals surface area (Å²) in [5.74, 6) is 0.173. The third-order valence-corrected chi connectivity index (χ3v) is 11.4. The van der Waals surface area contributed by atoms with Crippen molar-refractivity contribution in [3.05, 3.63) is 76.3 Å². The minimum Gasteiger partial charge on any atom is -0.494 e. The number of methoxy groups -OCH3 is 1. The van der Waals surface area contributed by atoms with Crippen molar-refractivity contribution >= 4 is 33.1 Å². The Hall–Kier alpha value is -4.69. The van der Waals surface area contributed by atoms with Gasteiger partial charge in [0.15, 0.2) is 0 Å². The number of hydrogen-bond donors (Lipinski definition) is 1. The van der Waals surface area contributed by atoms with Gasteiger partial charge < -0.3 is 24.3 Å². The quantitative estimate of drug-likeness (QED) is 0.0990. The smallest absolute Gasteiger partial charge is 0.407 e. The summed E-state index contributed by atoms with van der Waals surface area (Å²) in [6.07, 6.45) is 3.74. The molecule has 14 heteroatoms. The van der Waals surface area contributed by atoms with Crippen LogP contribution in [0.15, 0.2) is 53.4 Å². The second kappa shape index (κ2) is 17.8. The Balaban J connectivity index is 1.31. The number of carbonyl (C=O) groups excluding carboxylic acids is 2. The van der Waals surface area contributed by atoms with Gasteiger partial charge in [-0.2, -0.15) is 4.31 Å². The summed E-state index contributed by atoms with van der Waals surface area (Å²) in [4.78, 5) is 24.9. The molecule has 4 aromatic rings. The highest BCUT2D eigenvalue weighted by molar-refractivity contribution is 7.89. The Morgan fingerprint density at radius 3 is 2.53 bits per heavy atom. The molecule has 0 spiro atoms. The number of nitrogens with zero attached hydrogens (tertiary/aromatic N) is 4. The summed E-state index contributed by atoms with van der Waals surface area (Å²) in [5.41, 5.74) is 5.23. The van der Waals surface area contributed by atoms with E-state index in [1.165, 1.54) is 4.31 Å². The minimum absolute atomic E-state index is 0.0686. The van der Waals surface area contributed by atoms with E-state index in [0.717, 1.165) is 65.4 Å². The van der Waals surface area contributed by atoms with Gasteiger partial charge in [0.25, 0.3) is 0 Å². The summed E-state index contributed by atoms with van der Waals surface area (Å²) >= 11 is 0. The van der Waals surface area contributed by atoms with Crippen LogP contribution in [0.3, 0.4) is 0 Å². The number of benzene rings is 3. The van der Waals surface area contributed by atoms with Crippen LogP contribution in [-0.2, 0) is 44.3 Å². The van der Waals surface area contributed by atoms with Crippen LogP contribution in [0.4, 0.5) is 4.79 Å². The highest BCUT2D eigenvalue weighted by Crippen LogP contribution is 2.37. The molecule has 1 aliphatic rings. The lowest BCUT2D eigenvalue weighted by Crippen LogP contribution is -2.35. The molecule has 1 N–H and O–H groups in total. The number of aryl methyl sites for hydroxylation is 3. The summed E-state index contributed by atoms with van der Waals surface area (Å²) in [7, 11) is -0.550. The fourth-order valence-electron chi connectivity index (χ4n) is 6.87. The molecule has 55 heavy (non-hydrogen) atoms. The third-order valence-electron chi connectivity index (χ3n) is 9.58. The SMILES string of the molecule is CCOC(=O)CC(c1ccc(C)c(CN2C[C@@H](C)Oc3cc(CCCCCCNC(=O)OC(C)(C)C)ccc3S2(=O)=O)c1)c1cc(OC)c2c(c1)nnn2C. The maximum atomic E-state index is 14.3. The standard InChI is InChI=1S/C41H55N5O8S/c1-9-52-38(47)24-33(31-22-34-39(36(23-31)51-8)45(7)44-43-34)30-17-15-27(2)32(21-30)26-46-25-28(3)53-35-20-29(16-18-37(35)55(46,49)50)14-12-10-11-13-19-42-40(48)54-41(4,5)6/h15-18,20-23,28,33H,9-14,19,24-26H2,1-8H3,(H,42,48)/t28-,33?/m1/s1. The van der Waals surface area contributed by atoms with Crippen molar-refractivity contribution in [2.45, 2.75) is 109 Å². The van der Waals surface area contributed by atoms with Crippen LogP contribution >= 0.6 is 0 Å². The van der Waals surface area contributed by atoms with E-state index in [1.54, 1.807) is 31.8 Å². The number of sulfonamides is 1. The molecule has 1 aromatic heterocycles. The summed E-state index contributed by atoms with van der Waals surface area (Å²) in [5, 5.41) is 11.2. The van der Waals surface area contributed by atoms with Gasteiger partial charge in [-0.05, 0) is 113 Å². The Labute approximate surface area is 324 Å². The highest BCUT2D eigenvalue weighted by Gasteiger charge is 2.34. The van der Waals surface area contributed by atoms with Gasteiger partial charge in [0, 0.05) is 26.1 Å². The van der Waals surface area contributed by atoms with Crippen molar-refractivity contribution in [2.24, 2.45) is 7.05 Å². The predicted molar refractivity (Wildman–Crippen MR) is 210 cm³/mol. The molecule has 5 rings (SSSR count). The number of esters is 1. The molecule has 3 aromatic carbocycles. The average Bonchev–Trinajstić information content (AvgIpc) is 3.46. The number of unbranched alkanes of at least 4 members (excludes halogenated alkanes) is 3. The Bertz CT molecular complexity index is 2090. The maximum absolute atomic E-state index is 14.3. The first kappa shape index (κ1) is 41.5. The second-order valence-electron chi connectivity index (χ2n) is 15.2. The maximum Gasteiger partial charge on any atom is 0.407 e. The molecule has 1 aliphatic heterocycles. The molecular weight excluding hydrogens is 723 g/mol. The van der Waals surface area contributed by atoms with E-state index in [2.05, 4.69) is 15.6 Å². The zero-order valence-corrected chi connectivity index (χ0v) is 34.1. The number of aromatic nitrogens is 3. The van der Waals surface area contributed by atoms with Crippen LogP contribution in [0.25, 0.3) is 11.0 Å². The fourth-order valence-corrected chi connectivity index (χ4v) is 8.46. The Morgan fingerprint density at radius 2 is 1.80 bits per heavy atom. The molecule has 1 unspecified atom stereocenters. The molecule has 1 amide bonds. The lowest BCUT2D eigenvalue weighted by atomic mass is 9.86. The van der Waals surface area contributed by atoms with E-state index in [9.17, 15) is 18.0 Å². The monoisotopic (exact) mass is 777 g/mol. The first-order valence-corrected chi connectivity index (χ1v) is 20.4. The number of ether oxygens (including phenoxy) is 4. The molecule has 2 atom stereocenters. The zero-order chi connectivity index (χ0) is 39.9. The van der Waals surface area contributed by atoms with Gasteiger partial charge in [0.05, 0.1) is 26.7 Å². The zero-order valence-electron chi connectivity index (χ0n) is 33.3. The number of nitrogens with one attached hydrogen (secondary N) is 1. The van der Waals surface area contributed by atoms with Crippen molar-refractivity contribution in [2.75, 3.05) is 26.8 Å². The van der Waals surface area contributed by atoms with Crippen LogP contribution in [0.1, 0.15) is 100 Å². The molecule has 0 saturated heterocycles. The second-order valence-corrected chi connectivity index (χ2v) is 17.1. The fraction of sp³-hybridized carbons (Fsp3) is 0.512. The first-order chi connectivity index (χ1) is 26.1. The molecule has 0 saturated carbocycles. The normalized spacial score (nSPS) is 16.1. The molecule has 0 bridgehead atoms. The molecule has 0 radical (unpaired) electrons. The van der Waals surface area contributed by atoms with Crippen molar-refractivity contribution in [1.82, 2.24) is 24.6 Å². The van der Waals surface area contributed by atoms with Crippen LogP contribution in [0.2, 0.25) is 0 Å². The average molecular weight is 778 g/mol. The number of rotatable bonds is 15. The van der Waals surface area contributed by atoms with Crippen LogP contribution in [-0.4, -0.2) is 78.3 Å². The molecule has 13 nitrogen and oxygen atoms in total. The van der Waals surface area contributed by atoms with Crippen molar-refractivity contribution in [3.8, 4) is 11.5 Å². The molecule has 0 aliphatic carbocycles. The van der Waals surface area contributed by atoms with Gasteiger partial charge in [-0.15, -0.1) is 5.10 Å². The molecule has 298 valence electrons. The number of carbonyl (C=O) groups is 2. The van der Waals surface area contributed by atoms with E-state index in [1.807, 2.05) is 77.1 Å². The number of fused-ring (bicyclic) bond motifs is 2. The lowest BCUT2D eigenvalue weighted by Gasteiger charge is -2.24. The largest absolute Gasteiger partial charge is 0.494 e. The minimum atomic E-state index is -3.93. The van der Waals surface area contributed by atoms with E-state index < -0.39 is 33.7 Å². The van der Waals surface area contributed by atoms with E-state index in [0.29, 0.717) is 23.6 Å². The molecular formula is C41H55N5O8S. The number of alkyl carbamates (subject to hydrolysis) is 1. The highest BCUT2D eigenvalue weighted by atomic mass is 32.2. The van der Waals surface area contributed by atoms with Gasteiger partial charge in [0.1, 0.15) is 39.1 Å². The van der Waals surface area contributed by atoms with Gasteiger partial charge in [-0.3, -0.25) is 4.79 Å². The predicted octanol–water partition coefficient (Wildman–Crippen LogP) is 6.97. The topological polar surface area (TPSA) is 151 Å². The van der Waals surface area contributed by atoms with Gasteiger partial charge in [-0.1, -0.05) is 42.3 Å². The van der Waals surface area contributed by atoms with Crippen LogP contribution < -0.4 is 14.8 Å². The van der Waals surface area contributed by atoms with Crippen molar-refractivity contribution in [1.29, 1.82) is 0 Å². The van der Waals surface area contributed by atoms with E-state index in [4.69, 9.17) is 18.9 Å². The summed E-state index contributed by atoms with van der Waals surface area (Å²) in [6, 6.07) is 15.1. The summed E-state index contributed by atoms with van der Waals surface area (Å²) < 4.78 is 54.2. The van der Waals surface area contributed by atoms with Gasteiger partial charge in [0.2, 0.25) is 10.0 Å². The first-order valence-electron chi connectivity index (χ1n) is 19.0. The van der Waals surface area contributed by atoms with E-state index in [-0.39, 0.29) is 37.0 Å². The molecule has 0 fully saturated rings. The van der Waals surface area contributed by atoms with Crippen LogP contribution in [0.5, 0.6) is 11.5 Å². The Kier molecular flexibility index (Phi) is 13.5. The summed E-state index contributed by atoms with van der Waals surface area (Å²) in [6.45, 7) is 12.2.